The third-order valence-electron chi connectivity index (χ3n) is 2.04. The van der Waals surface area contributed by atoms with E-state index in [0.29, 0.717) is 0 Å². The molecule has 0 aliphatic heterocycles. The molecule has 8 heteroatoms. The quantitative estimate of drug-likeness (QED) is 0.822. The van der Waals surface area contributed by atoms with Gasteiger partial charge in [0.15, 0.2) is 11.0 Å². The van der Waals surface area contributed by atoms with Crippen molar-refractivity contribution in [1.29, 1.82) is 0 Å². The van der Waals surface area contributed by atoms with Crippen LogP contribution in [0.5, 0.6) is 0 Å². The minimum Gasteiger partial charge on any atom is -0.328 e. The van der Waals surface area contributed by atoms with Crippen LogP contribution in [-0.4, -0.2) is 20.9 Å². The average molecular weight is 285 g/mol. The first kappa shape index (κ1) is 12.5. The van der Waals surface area contributed by atoms with E-state index >= 15 is 0 Å². The Kier molecular flexibility index (Phi) is 3.59. The Balaban J connectivity index is 2.30. The molecule has 0 unspecified atom stereocenters. The molecule has 0 bridgehead atoms. The normalized spacial score (nSPS) is 10.1. The molecular formula is C10H6Cl2N4O2. The molecule has 2 heterocycles. The summed E-state index contributed by atoms with van der Waals surface area (Å²) >= 11 is 11.5. The zero-order chi connectivity index (χ0) is 13.1. The minimum atomic E-state index is -0.631. The van der Waals surface area contributed by atoms with Crippen LogP contribution in [0, 0.1) is 0 Å². The second-order valence-electron chi connectivity index (χ2n) is 3.19. The van der Waals surface area contributed by atoms with Crippen molar-refractivity contribution in [2.75, 3.05) is 5.32 Å². The fraction of sp³-hybridized carbons (Fsp3) is 0. The van der Waals surface area contributed by atoms with Crippen LogP contribution in [0.25, 0.3) is 0 Å². The number of halogens is 2. The summed E-state index contributed by atoms with van der Waals surface area (Å²) in [6.45, 7) is 0. The molecule has 2 rings (SSSR count). The second-order valence-corrected chi connectivity index (χ2v) is 3.93. The monoisotopic (exact) mass is 284 g/mol. The van der Waals surface area contributed by atoms with E-state index < -0.39 is 11.5 Å². The first-order valence-corrected chi connectivity index (χ1v) is 5.50. The van der Waals surface area contributed by atoms with Gasteiger partial charge in [-0.2, -0.15) is 0 Å². The van der Waals surface area contributed by atoms with E-state index in [1.54, 1.807) is 0 Å². The Morgan fingerprint density at radius 2 is 2.11 bits per heavy atom. The van der Waals surface area contributed by atoms with Crippen LogP contribution in [0.2, 0.25) is 10.2 Å². The third kappa shape index (κ3) is 2.49. The first-order chi connectivity index (χ1) is 8.59. The number of aromatic amines is 1. The van der Waals surface area contributed by atoms with Crippen molar-refractivity contribution < 1.29 is 4.79 Å². The maximum absolute atomic E-state index is 11.8. The van der Waals surface area contributed by atoms with Gasteiger partial charge in [-0.1, -0.05) is 23.2 Å². The predicted molar refractivity (Wildman–Crippen MR) is 67.1 cm³/mol. The lowest BCUT2D eigenvalue weighted by atomic mass is 10.2. The SMILES string of the molecule is O=C(Nc1ncnc(Cl)c1Cl)c1ccc[nH]c1=O. The van der Waals surface area contributed by atoms with Crippen molar-refractivity contribution in [2.24, 2.45) is 0 Å². The predicted octanol–water partition coefficient (Wildman–Crippen LogP) is 1.72. The Labute approximate surface area is 111 Å². The number of hydrogen-bond acceptors (Lipinski definition) is 4. The number of nitrogens with one attached hydrogen (secondary N) is 2. The Morgan fingerprint density at radius 3 is 2.83 bits per heavy atom. The Hall–Kier alpha value is -1.92. The number of anilines is 1. The molecule has 2 aromatic heterocycles. The average Bonchev–Trinajstić information content (AvgIpc) is 2.35. The van der Waals surface area contributed by atoms with Gasteiger partial charge in [-0.15, -0.1) is 0 Å². The molecule has 0 spiro atoms. The molecule has 0 aliphatic rings. The molecule has 92 valence electrons. The third-order valence-corrected chi connectivity index (χ3v) is 2.78. The van der Waals surface area contributed by atoms with Gasteiger partial charge in [0, 0.05) is 6.20 Å². The molecule has 18 heavy (non-hydrogen) atoms. The number of rotatable bonds is 2. The fourth-order valence-corrected chi connectivity index (χ4v) is 1.49. The summed E-state index contributed by atoms with van der Waals surface area (Å²) in [5, 5.41) is 2.41. The minimum absolute atomic E-state index is 0.0138. The zero-order valence-corrected chi connectivity index (χ0v) is 10.3. The van der Waals surface area contributed by atoms with Crippen LogP contribution >= 0.6 is 23.2 Å². The van der Waals surface area contributed by atoms with Gasteiger partial charge in [-0.05, 0) is 12.1 Å². The maximum atomic E-state index is 11.8. The molecule has 0 fully saturated rings. The summed E-state index contributed by atoms with van der Waals surface area (Å²) in [5.74, 6) is -0.585. The fourth-order valence-electron chi connectivity index (χ4n) is 1.21. The number of carbonyl (C=O) groups excluding carboxylic acids is 1. The smallest absolute Gasteiger partial charge is 0.262 e. The summed E-state index contributed by atoms with van der Waals surface area (Å²) in [6, 6.07) is 2.91. The first-order valence-electron chi connectivity index (χ1n) is 4.74. The highest BCUT2D eigenvalue weighted by atomic mass is 35.5. The van der Waals surface area contributed by atoms with E-state index in [9.17, 15) is 9.59 Å². The van der Waals surface area contributed by atoms with Gasteiger partial charge >= 0.3 is 0 Å². The standard InChI is InChI=1S/C10H6Cl2N4O2/c11-6-7(12)14-4-15-8(6)16-10(18)5-2-1-3-13-9(5)17/h1-4H,(H,13,17)(H,14,15,16,18). The number of aromatic nitrogens is 3. The molecule has 1 amide bonds. The molecule has 0 saturated heterocycles. The van der Waals surface area contributed by atoms with Crippen molar-refractivity contribution in [3.05, 3.63) is 50.7 Å². The van der Waals surface area contributed by atoms with E-state index in [-0.39, 0.29) is 21.6 Å². The van der Waals surface area contributed by atoms with E-state index in [1.165, 1.54) is 18.3 Å². The Morgan fingerprint density at radius 1 is 1.33 bits per heavy atom. The molecule has 2 aromatic rings. The van der Waals surface area contributed by atoms with Crippen molar-refractivity contribution in [2.45, 2.75) is 0 Å². The molecule has 6 nitrogen and oxygen atoms in total. The molecule has 0 aromatic carbocycles. The van der Waals surface area contributed by atoms with Gasteiger partial charge < -0.3 is 10.3 Å². The molecule has 0 aliphatic carbocycles. The summed E-state index contributed by atoms with van der Waals surface area (Å²) in [7, 11) is 0. The lowest BCUT2D eigenvalue weighted by Gasteiger charge is -2.05. The lowest BCUT2D eigenvalue weighted by Crippen LogP contribution is -2.23. The van der Waals surface area contributed by atoms with Crippen LogP contribution in [0.4, 0.5) is 5.82 Å². The van der Waals surface area contributed by atoms with E-state index in [2.05, 4.69) is 20.3 Å². The number of carbonyl (C=O) groups is 1. The number of amides is 1. The molecular weight excluding hydrogens is 279 g/mol. The van der Waals surface area contributed by atoms with Gasteiger partial charge in [0.05, 0.1) is 0 Å². The number of nitrogens with zero attached hydrogens (tertiary/aromatic N) is 2. The second kappa shape index (κ2) is 5.16. The van der Waals surface area contributed by atoms with Crippen molar-refractivity contribution in [1.82, 2.24) is 15.0 Å². The van der Waals surface area contributed by atoms with Crippen LogP contribution in [0.3, 0.4) is 0 Å². The lowest BCUT2D eigenvalue weighted by molar-refractivity contribution is 0.102. The van der Waals surface area contributed by atoms with Gasteiger partial charge in [0.25, 0.3) is 11.5 Å². The summed E-state index contributed by atoms with van der Waals surface area (Å²) in [6.07, 6.45) is 2.58. The van der Waals surface area contributed by atoms with Crippen LogP contribution in [0.15, 0.2) is 29.5 Å². The highest BCUT2D eigenvalue weighted by Gasteiger charge is 2.14. The molecule has 0 radical (unpaired) electrons. The van der Waals surface area contributed by atoms with Gasteiger partial charge in [0.1, 0.15) is 16.9 Å². The van der Waals surface area contributed by atoms with Crippen LogP contribution in [0.1, 0.15) is 10.4 Å². The van der Waals surface area contributed by atoms with E-state index in [1.807, 2.05) is 0 Å². The molecule has 0 atom stereocenters. The van der Waals surface area contributed by atoms with Gasteiger partial charge in [0.2, 0.25) is 0 Å². The van der Waals surface area contributed by atoms with Crippen molar-refractivity contribution >= 4 is 34.9 Å². The highest BCUT2D eigenvalue weighted by Crippen LogP contribution is 2.25. The maximum Gasteiger partial charge on any atom is 0.262 e. The van der Waals surface area contributed by atoms with E-state index in [0.717, 1.165) is 6.33 Å². The van der Waals surface area contributed by atoms with Gasteiger partial charge in [-0.25, -0.2) is 9.97 Å². The Bertz CT molecular complexity index is 656. The summed E-state index contributed by atoms with van der Waals surface area (Å²) < 4.78 is 0. The topological polar surface area (TPSA) is 87.7 Å². The zero-order valence-electron chi connectivity index (χ0n) is 8.78. The highest BCUT2D eigenvalue weighted by molar-refractivity contribution is 6.43. The molecule has 2 N–H and O–H groups in total. The number of hydrogen-bond donors (Lipinski definition) is 2. The van der Waals surface area contributed by atoms with E-state index in [4.69, 9.17) is 23.2 Å². The van der Waals surface area contributed by atoms with Crippen LogP contribution in [-0.2, 0) is 0 Å². The number of H-pyrrole nitrogens is 1. The van der Waals surface area contributed by atoms with Crippen molar-refractivity contribution in [3.63, 3.8) is 0 Å². The van der Waals surface area contributed by atoms with Crippen molar-refractivity contribution in [3.8, 4) is 0 Å². The number of pyridine rings is 1. The van der Waals surface area contributed by atoms with Crippen LogP contribution < -0.4 is 10.9 Å². The summed E-state index contributed by atoms with van der Waals surface area (Å²) in [5.41, 5.74) is -0.561. The van der Waals surface area contributed by atoms with Gasteiger partial charge in [-0.3, -0.25) is 9.59 Å². The largest absolute Gasteiger partial charge is 0.328 e. The summed E-state index contributed by atoms with van der Waals surface area (Å²) in [4.78, 5) is 33.0. The molecule has 0 saturated carbocycles.